The van der Waals surface area contributed by atoms with Crippen molar-refractivity contribution in [2.24, 2.45) is 11.7 Å². The fraction of sp³-hybridized carbons (Fsp3) is 0.583. The molecule has 1 saturated carbocycles. The molecule has 6 heteroatoms. The molecule has 0 bridgehead atoms. The highest BCUT2D eigenvalue weighted by atomic mass is 16.5. The van der Waals surface area contributed by atoms with E-state index in [-0.39, 0.29) is 18.2 Å². The van der Waals surface area contributed by atoms with E-state index in [1.807, 2.05) is 0 Å². The molecular formula is C12H18N2O4. The summed E-state index contributed by atoms with van der Waals surface area (Å²) in [5, 5.41) is 2.57. The Morgan fingerprint density at radius 3 is 2.61 bits per heavy atom. The third-order valence-electron chi connectivity index (χ3n) is 2.52. The van der Waals surface area contributed by atoms with Crippen LogP contribution in [0.1, 0.15) is 26.2 Å². The molecule has 0 aromatic rings. The SMILES string of the molecule is CCOC(=O)/C=C/C[C@H](NC(=O)C1CC1)C(N)=O. The van der Waals surface area contributed by atoms with Crippen molar-refractivity contribution in [1.29, 1.82) is 0 Å². The molecule has 0 aliphatic heterocycles. The monoisotopic (exact) mass is 254 g/mol. The minimum absolute atomic E-state index is 0.0147. The molecule has 1 atom stereocenters. The summed E-state index contributed by atoms with van der Waals surface area (Å²) in [6.07, 6.45) is 4.60. The first-order valence-electron chi connectivity index (χ1n) is 5.97. The van der Waals surface area contributed by atoms with E-state index in [0.717, 1.165) is 12.8 Å². The number of hydrogen-bond donors (Lipinski definition) is 2. The van der Waals surface area contributed by atoms with E-state index in [0.29, 0.717) is 6.61 Å². The fourth-order valence-electron chi connectivity index (χ4n) is 1.37. The van der Waals surface area contributed by atoms with Crippen LogP contribution in [0.4, 0.5) is 0 Å². The molecule has 3 N–H and O–H groups in total. The van der Waals surface area contributed by atoms with Crippen LogP contribution < -0.4 is 11.1 Å². The van der Waals surface area contributed by atoms with Crippen LogP contribution in [-0.2, 0) is 19.1 Å². The Balaban J connectivity index is 2.39. The molecule has 0 spiro atoms. The van der Waals surface area contributed by atoms with Gasteiger partial charge in [0.1, 0.15) is 6.04 Å². The Morgan fingerprint density at radius 2 is 2.11 bits per heavy atom. The van der Waals surface area contributed by atoms with Crippen molar-refractivity contribution >= 4 is 17.8 Å². The predicted octanol–water partition coefficient (Wildman–Crippen LogP) is -0.124. The molecule has 2 amide bonds. The Labute approximate surface area is 106 Å². The van der Waals surface area contributed by atoms with E-state index in [2.05, 4.69) is 10.1 Å². The second kappa shape index (κ2) is 6.78. The van der Waals surface area contributed by atoms with Gasteiger partial charge in [0.2, 0.25) is 11.8 Å². The third-order valence-corrected chi connectivity index (χ3v) is 2.52. The smallest absolute Gasteiger partial charge is 0.330 e. The lowest BCUT2D eigenvalue weighted by Crippen LogP contribution is -2.44. The molecule has 100 valence electrons. The van der Waals surface area contributed by atoms with Crippen LogP contribution in [0.3, 0.4) is 0 Å². The van der Waals surface area contributed by atoms with Gasteiger partial charge in [0.25, 0.3) is 0 Å². The molecule has 0 saturated heterocycles. The average molecular weight is 254 g/mol. The highest BCUT2D eigenvalue weighted by Gasteiger charge is 2.31. The van der Waals surface area contributed by atoms with Crippen LogP contribution in [0, 0.1) is 5.92 Å². The summed E-state index contributed by atoms with van der Waals surface area (Å²) >= 11 is 0. The number of rotatable bonds is 7. The van der Waals surface area contributed by atoms with Gasteiger partial charge in [-0.2, -0.15) is 0 Å². The molecule has 0 aromatic heterocycles. The van der Waals surface area contributed by atoms with Gasteiger partial charge in [-0.05, 0) is 26.2 Å². The van der Waals surface area contributed by atoms with Crippen molar-refractivity contribution in [3.8, 4) is 0 Å². The fourth-order valence-corrected chi connectivity index (χ4v) is 1.37. The number of nitrogens with one attached hydrogen (secondary N) is 1. The second-order valence-electron chi connectivity index (χ2n) is 4.13. The molecule has 0 aromatic carbocycles. The molecule has 18 heavy (non-hydrogen) atoms. The van der Waals surface area contributed by atoms with Gasteiger partial charge in [0, 0.05) is 12.0 Å². The highest BCUT2D eigenvalue weighted by Crippen LogP contribution is 2.28. The van der Waals surface area contributed by atoms with E-state index in [1.54, 1.807) is 6.92 Å². The zero-order chi connectivity index (χ0) is 13.5. The maximum atomic E-state index is 11.5. The molecule has 1 aliphatic carbocycles. The van der Waals surface area contributed by atoms with Crippen molar-refractivity contribution in [3.63, 3.8) is 0 Å². The summed E-state index contributed by atoms with van der Waals surface area (Å²) in [7, 11) is 0. The van der Waals surface area contributed by atoms with E-state index in [1.165, 1.54) is 12.2 Å². The number of ether oxygens (including phenoxy) is 1. The molecule has 6 nitrogen and oxygen atoms in total. The van der Waals surface area contributed by atoms with Gasteiger partial charge in [-0.25, -0.2) is 4.79 Å². The number of carbonyl (C=O) groups excluding carboxylic acids is 3. The summed E-state index contributed by atoms with van der Waals surface area (Å²) in [6.45, 7) is 1.99. The molecule has 0 heterocycles. The maximum Gasteiger partial charge on any atom is 0.330 e. The van der Waals surface area contributed by atoms with Gasteiger partial charge in [-0.15, -0.1) is 0 Å². The molecular weight excluding hydrogens is 236 g/mol. The van der Waals surface area contributed by atoms with Gasteiger partial charge in [-0.1, -0.05) is 6.08 Å². The maximum absolute atomic E-state index is 11.5. The zero-order valence-electron chi connectivity index (χ0n) is 10.3. The average Bonchev–Trinajstić information content (AvgIpc) is 3.11. The zero-order valence-corrected chi connectivity index (χ0v) is 10.3. The number of carbonyl (C=O) groups is 3. The van der Waals surface area contributed by atoms with Crippen molar-refractivity contribution < 1.29 is 19.1 Å². The Hall–Kier alpha value is -1.85. The summed E-state index contributed by atoms with van der Waals surface area (Å²) in [4.78, 5) is 33.6. The first kappa shape index (κ1) is 14.2. The minimum atomic E-state index is -0.774. The number of esters is 1. The summed E-state index contributed by atoms with van der Waals surface area (Å²) in [5.41, 5.74) is 5.18. The van der Waals surface area contributed by atoms with E-state index in [9.17, 15) is 14.4 Å². The van der Waals surface area contributed by atoms with Crippen LogP contribution in [0.25, 0.3) is 0 Å². The summed E-state index contributed by atoms with van der Waals surface area (Å²) in [6, 6.07) is -0.774. The predicted molar refractivity (Wildman–Crippen MR) is 64.2 cm³/mol. The minimum Gasteiger partial charge on any atom is -0.463 e. The van der Waals surface area contributed by atoms with Crippen LogP contribution in [0.5, 0.6) is 0 Å². The van der Waals surface area contributed by atoms with Crippen molar-refractivity contribution in [2.45, 2.75) is 32.2 Å². The Morgan fingerprint density at radius 1 is 1.44 bits per heavy atom. The third kappa shape index (κ3) is 4.99. The molecule has 1 fully saturated rings. The first-order chi connectivity index (χ1) is 8.54. The standard InChI is InChI=1S/C12H18N2O4/c1-2-18-10(15)5-3-4-9(11(13)16)14-12(17)8-6-7-8/h3,5,8-9H,2,4,6-7H2,1H3,(H2,13,16)(H,14,17)/b5-3+/t9-/m0/s1. The highest BCUT2D eigenvalue weighted by molar-refractivity contribution is 5.88. The molecule has 1 aliphatic rings. The largest absolute Gasteiger partial charge is 0.463 e. The lowest BCUT2D eigenvalue weighted by atomic mass is 10.1. The second-order valence-corrected chi connectivity index (χ2v) is 4.13. The Bertz CT molecular complexity index is 361. The Kier molecular flexibility index (Phi) is 5.35. The number of amides is 2. The quantitative estimate of drug-likeness (QED) is 0.488. The van der Waals surface area contributed by atoms with Gasteiger partial charge in [-0.3, -0.25) is 9.59 Å². The van der Waals surface area contributed by atoms with Crippen LogP contribution in [-0.4, -0.2) is 30.4 Å². The summed E-state index contributed by atoms with van der Waals surface area (Å²) < 4.78 is 4.68. The van der Waals surface area contributed by atoms with Crippen molar-refractivity contribution in [1.82, 2.24) is 5.32 Å². The molecule has 0 radical (unpaired) electrons. The van der Waals surface area contributed by atoms with Gasteiger partial charge in [0.15, 0.2) is 0 Å². The summed E-state index contributed by atoms with van der Waals surface area (Å²) in [5.74, 6) is -1.23. The van der Waals surface area contributed by atoms with E-state index < -0.39 is 17.9 Å². The van der Waals surface area contributed by atoms with Gasteiger partial charge >= 0.3 is 5.97 Å². The number of hydrogen-bond acceptors (Lipinski definition) is 4. The van der Waals surface area contributed by atoms with Crippen molar-refractivity contribution in [2.75, 3.05) is 6.61 Å². The van der Waals surface area contributed by atoms with Crippen LogP contribution in [0.15, 0.2) is 12.2 Å². The molecule has 1 rings (SSSR count). The number of primary amides is 1. The van der Waals surface area contributed by atoms with E-state index in [4.69, 9.17) is 5.73 Å². The van der Waals surface area contributed by atoms with Gasteiger partial charge in [0.05, 0.1) is 6.61 Å². The molecule has 0 unspecified atom stereocenters. The van der Waals surface area contributed by atoms with Crippen LogP contribution >= 0.6 is 0 Å². The van der Waals surface area contributed by atoms with E-state index >= 15 is 0 Å². The lowest BCUT2D eigenvalue weighted by molar-refractivity contribution is -0.137. The van der Waals surface area contributed by atoms with Crippen molar-refractivity contribution in [3.05, 3.63) is 12.2 Å². The lowest BCUT2D eigenvalue weighted by Gasteiger charge is -2.13. The van der Waals surface area contributed by atoms with Gasteiger partial charge < -0.3 is 15.8 Å². The first-order valence-corrected chi connectivity index (χ1v) is 5.97. The topological polar surface area (TPSA) is 98.5 Å². The normalized spacial score (nSPS) is 16.3. The van der Waals surface area contributed by atoms with Crippen LogP contribution in [0.2, 0.25) is 0 Å². The number of nitrogens with two attached hydrogens (primary N) is 1.